The van der Waals surface area contributed by atoms with E-state index in [2.05, 4.69) is 15.5 Å². The van der Waals surface area contributed by atoms with Gasteiger partial charge in [-0.1, -0.05) is 24.3 Å². The average Bonchev–Trinajstić information content (AvgIpc) is 2.97. The van der Waals surface area contributed by atoms with E-state index in [1.807, 2.05) is 30.3 Å². The van der Waals surface area contributed by atoms with E-state index in [0.29, 0.717) is 11.4 Å². The highest BCUT2D eigenvalue weighted by Gasteiger charge is 2.17. The maximum Gasteiger partial charge on any atom is 0.278 e. The summed E-state index contributed by atoms with van der Waals surface area (Å²) < 4.78 is 23.2. The quantitative estimate of drug-likeness (QED) is 0.774. The van der Waals surface area contributed by atoms with Crippen LogP contribution in [0, 0.1) is 6.92 Å². The summed E-state index contributed by atoms with van der Waals surface area (Å²) in [6.45, 7) is 1.69. The third kappa shape index (κ3) is 3.74. The molecule has 0 spiro atoms. The van der Waals surface area contributed by atoms with Gasteiger partial charge >= 0.3 is 0 Å². The van der Waals surface area contributed by atoms with Crippen LogP contribution in [0.1, 0.15) is 16.2 Å². The number of sulfone groups is 1. The van der Waals surface area contributed by atoms with Gasteiger partial charge in [0.1, 0.15) is 0 Å². The number of para-hydroxylation sites is 1. The van der Waals surface area contributed by atoms with E-state index in [0.717, 1.165) is 11.9 Å². The molecule has 8 heteroatoms. The number of rotatable bonds is 4. The van der Waals surface area contributed by atoms with Gasteiger partial charge in [0, 0.05) is 11.9 Å². The highest BCUT2D eigenvalue weighted by molar-refractivity contribution is 7.90. The maximum absolute atomic E-state index is 12.5. The largest absolute Gasteiger partial charge is 0.320 e. The zero-order chi connectivity index (χ0) is 18.0. The van der Waals surface area contributed by atoms with Crippen molar-refractivity contribution in [2.45, 2.75) is 11.8 Å². The van der Waals surface area contributed by atoms with Crippen molar-refractivity contribution in [3.63, 3.8) is 0 Å². The molecule has 0 aliphatic carbocycles. The molecule has 25 heavy (non-hydrogen) atoms. The molecular weight excluding hydrogens is 340 g/mol. The van der Waals surface area contributed by atoms with Gasteiger partial charge in [0.2, 0.25) is 0 Å². The number of benzene rings is 2. The van der Waals surface area contributed by atoms with Crippen molar-refractivity contribution in [2.24, 2.45) is 0 Å². The second kappa shape index (κ2) is 6.48. The molecule has 3 aromatic rings. The number of aromatic nitrogens is 3. The Kier molecular flexibility index (Phi) is 4.37. The first-order chi connectivity index (χ1) is 11.8. The standard InChI is InChI=1S/C17H16N4O3S/c1-12-16(20-21(19-12)14-8-4-3-5-9-14)17(22)18-13-7-6-10-15(11-13)25(2,23)24/h3-11H,1-2H3,(H,18,22). The lowest BCUT2D eigenvalue weighted by Gasteiger charge is -2.05. The number of amides is 1. The highest BCUT2D eigenvalue weighted by Crippen LogP contribution is 2.17. The van der Waals surface area contributed by atoms with Gasteiger partial charge in [0.05, 0.1) is 16.3 Å². The van der Waals surface area contributed by atoms with Gasteiger partial charge in [0.25, 0.3) is 5.91 Å². The van der Waals surface area contributed by atoms with Gasteiger partial charge in [-0.2, -0.15) is 9.90 Å². The molecular formula is C17H16N4O3S. The first-order valence-electron chi connectivity index (χ1n) is 7.45. The number of hydrogen-bond acceptors (Lipinski definition) is 5. The average molecular weight is 356 g/mol. The van der Waals surface area contributed by atoms with Crippen molar-refractivity contribution in [3.05, 3.63) is 66.0 Å². The zero-order valence-electron chi connectivity index (χ0n) is 13.7. The van der Waals surface area contributed by atoms with Crippen LogP contribution < -0.4 is 5.32 Å². The summed E-state index contributed by atoms with van der Waals surface area (Å²) in [5.74, 6) is -0.453. The van der Waals surface area contributed by atoms with E-state index in [-0.39, 0.29) is 10.6 Å². The Balaban J connectivity index is 1.86. The predicted molar refractivity (Wildman–Crippen MR) is 93.6 cm³/mol. The topological polar surface area (TPSA) is 93.9 Å². The third-order valence-electron chi connectivity index (χ3n) is 3.50. The third-order valence-corrected chi connectivity index (χ3v) is 4.61. The summed E-state index contributed by atoms with van der Waals surface area (Å²) in [4.78, 5) is 14.0. The van der Waals surface area contributed by atoms with Crippen LogP contribution in [0.2, 0.25) is 0 Å². The molecule has 1 amide bonds. The van der Waals surface area contributed by atoms with Gasteiger partial charge in [-0.3, -0.25) is 4.79 Å². The predicted octanol–water partition coefficient (Wildman–Crippen LogP) is 2.23. The Morgan fingerprint density at radius 3 is 2.44 bits per heavy atom. The molecule has 1 aromatic heterocycles. The summed E-state index contributed by atoms with van der Waals surface area (Å²) in [6, 6.07) is 15.3. The highest BCUT2D eigenvalue weighted by atomic mass is 32.2. The van der Waals surface area contributed by atoms with E-state index in [9.17, 15) is 13.2 Å². The van der Waals surface area contributed by atoms with Crippen LogP contribution >= 0.6 is 0 Å². The Morgan fingerprint density at radius 1 is 1.04 bits per heavy atom. The summed E-state index contributed by atoms with van der Waals surface area (Å²) >= 11 is 0. The second-order valence-corrected chi connectivity index (χ2v) is 7.53. The monoisotopic (exact) mass is 356 g/mol. The van der Waals surface area contributed by atoms with Crippen LogP contribution in [0.5, 0.6) is 0 Å². The number of anilines is 1. The summed E-state index contributed by atoms with van der Waals surface area (Å²) in [5.41, 5.74) is 1.76. The molecule has 0 aliphatic rings. The van der Waals surface area contributed by atoms with E-state index < -0.39 is 15.7 Å². The molecule has 128 valence electrons. The lowest BCUT2D eigenvalue weighted by molar-refractivity contribution is 0.102. The zero-order valence-corrected chi connectivity index (χ0v) is 14.5. The van der Waals surface area contributed by atoms with E-state index >= 15 is 0 Å². The first kappa shape index (κ1) is 16.8. The van der Waals surface area contributed by atoms with Gasteiger partial charge in [-0.25, -0.2) is 8.42 Å². The van der Waals surface area contributed by atoms with Crippen molar-refractivity contribution in [1.29, 1.82) is 0 Å². The molecule has 0 saturated carbocycles. The fourth-order valence-electron chi connectivity index (χ4n) is 2.26. The van der Waals surface area contributed by atoms with Crippen molar-refractivity contribution in [2.75, 3.05) is 11.6 Å². The molecule has 1 heterocycles. The number of carbonyl (C=O) groups is 1. The van der Waals surface area contributed by atoms with E-state index in [1.54, 1.807) is 19.1 Å². The molecule has 3 rings (SSSR count). The van der Waals surface area contributed by atoms with Gasteiger partial charge in [0.15, 0.2) is 15.5 Å². The number of nitrogens with one attached hydrogen (secondary N) is 1. The van der Waals surface area contributed by atoms with Crippen LogP contribution in [-0.2, 0) is 9.84 Å². The van der Waals surface area contributed by atoms with E-state index in [4.69, 9.17) is 0 Å². The molecule has 0 radical (unpaired) electrons. The Labute approximate surface area is 145 Å². The van der Waals surface area contributed by atoms with Crippen LogP contribution in [-0.4, -0.2) is 35.6 Å². The van der Waals surface area contributed by atoms with Crippen LogP contribution in [0.25, 0.3) is 5.69 Å². The molecule has 0 unspecified atom stereocenters. The molecule has 0 atom stereocenters. The smallest absolute Gasteiger partial charge is 0.278 e. The first-order valence-corrected chi connectivity index (χ1v) is 9.34. The van der Waals surface area contributed by atoms with Gasteiger partial charge in [-0.15, -0.1) is 5.10 Å². The molecule has 0 saturated heterocycles. The van der Waals surface area contributed by atoms with Crippen LogP contribution in [0.4, 0.5) is 5.69 Å². The van der Waals surface area contributed by atoms with Gasteiger partial charge < -0.3 is 5.32 Å². The minimum absolute atomic E-state index is 0.134. The SMILES string of the molecule is Cc1nn(-c2ccccc2)nc1C(=O)Nc1cccc(S(C)(=O)=O)c1. The Bertz CT molecular complexity index is 1030. The molecule has 7 nitrogen and oxygen atoms in total. The summed E-state index contributed by atoms with van der Waals surface area (Å²) in [7, 11) is -3.35. The normalized spacial score (nSPS) is 11.3. The van der Waals surface area contributed by atoms with E-state index in [1.165, 1.54) is 16.9 Å². The fraction of sp³-hybridized carbons (Fsp3) is 0.118. The minimum Gasteiger partial charge on any atom is -0.320 e. The van der Waals surface area contributed by atoms with Gasteiger partial charge in [-0.05, 0) is 37.3 Å². The van der Waals surface area contributed by atoms with Crippen LogP contribution in [0.3, 0.4) is 0 Å². The Hall–Kier alpha value is -3.00. The molecule has 1 N–H and O–H groups in total. The Morgan fingerprint density at radius 2 is 1.76 bits per heavy atom. The lowest BCUT2D eigenvalue weighted by atomic mass is 10.3. The maximum atomic E-state index is 12.5. The lowest BCUT2D eigenvalue weighted by Crippen LogP contribution is -2.14. The second-order valence-electron chi connectivity index (χ2n) is 5.51. The molecule has 0 aliphatic heterocycles. The van der Waals surface area contributed by atoms with Crippen molar-refractivity contribution >= 4 is 21.4 Å². The minimum atomic E-state index is -3.35. The summed E-state index contributed by atoms with van der Waals surface area (Å²) in [6.07, 6.45) is 1.11. The number of nitrogens with zero attached hydrogens (tertiary/aromatic N) is 3. The number of aryl methyl sites for hydroxylation is 1. The van der Waals surface area contributed by atoms with Crippen molar-refractivity contribution in [1.82, 2.24) is 15.0 Å². The number of hydrogen-bond donors (Lipinski definition) is 1. The number of carbonyl (C=O) groups excluding carboxylic acids is 1. The molecule has 0 fully saturated rings. The van der Waals surface area contributed by atoms with Crippen molar-refractivity contribution in [3.8, 4) is 5.69 Å². The molecule has 2 aromatic carbocycles. The summed E-state index contributed by atoms with van der Waals surface area (Å²) in [5, 5.41) is 11.1. The molecule has 0 bridgehead atoms. The van der Waals surface area contributed by atoms with Crippen molar-refractivity contribution < 1.29 is 13.2 Å². The fourth-order valence-corrected chi connectivity index (χ4v) is 2.93. The van der Waals surface area contributed by atoms with Crippen LogP contribution in [0.15, 0.2) is 59.5 Å².